The van der Waals surface area contributed by atoms with Crippen LogP contribution in [0.25, 0.3) is 6.08 Å². The van der Waals surface area contributed by atoms with E-state index < -0.39 is 18.1 Å². The van der Waals surface area contributed by atoms with Crippen LogP contribution in [0.4, 0.5) is 5.69 Å². The molecular formula is C21H21NO5. The number of fused-ring (bicyclic) bond motifs is 1. The molecule has 0 bridgehead atoms. The Bertz CT molecular complexity index is 930. The standard InChI is InChI=1S/C21H21NO5/c1-21(2)9-8-13-10-14(4-7-18(13)27-21)20(25)16-6-5-15(26-3)11-17(16)22-19(24)12-23/h4-11,23H,12H2,1-3H3,(H,22,24). The lowest BCUT2D eigenvalue weighted by atomic mass is 9.96. The number of methoxy groups -OCH3 is 1. The highest BCUT2D eigenvalue weighted by Gasteiger charge is 2.23. The second kappa shape index (κ2) is 7.25. The first-order valence-electron chi connectivity index (χ1n) is 8.49. The van der Waals surface area contributed by atoms with E-state index in [2.05, 4.69) is 5.32 Å². The summed E-state index contributed by atoms with van der Waals surface area (Å²) in [5.41, 5.74) is 1.47. The number of nitrogens with one attached hydrogen (secondary N) is 1. The molecule has 1 aliphatic rings. The van der Waals surface area contributed by atoms with Gasteiger partial charge in [-0.15, -0.1) is 0 Å². The summed E-state index contributed by atoms with van der Waals surface area (Å²) in [4.78, 5) is 24.6. The Morgan fingerprint density at radius 2 is 1.96 bits per heavy atom. The highest BCUT2D eigenvalue weighted by atomic mass is 16.5. The van der Waals surface area contributed by atoms with Gasteiger partial charge in [0.2, 0.25) is 5.91 Å². The minimum absolute atomic E-state index is 0.257. The van der Waals surface area contributed by atoms with E-state index in [1.807, 2.05) is 26.0 Å². The van der Waals surface area contributed by atoms with Gasteiger partial charge in [-0.05, 0) is 50.3 Å². The van der Waals surface area contributed by atoms with Gasteiger partial charge in [0.05, 0.1) is 12.8 Å². The fourth-order valence-electron chi connectivity index (χ4n) is 2.82. The van der Waals surface area contributed by atoms with Crippen LogP contribution in [0.2, 0.25) is 0 Å². The maximum atomic E-state index is 13.0. The fraction of sp³-hybridized carbons (Fsp3) is 0.238. The Kier molecular flexibility index (Phi) is 5.01. The molecule has 0 saturated carbocycles. The molecule has 0 saturated heterocycles. The fourth-order valence-corrected chi connectivity index (χ4v) is 2.82. The summed E-state index contributed by atoms with van der Waals surface area (Å²) < 4.78 is 11.0. The Balaban J connectivity index is 1.97. The van der Waals surface area contributed by atoms with Crippen molar-refractivity contribution in [3.63, 3.8) is 0 Å². The molecule has 0 aromatic heterocycles. The molecule has 6 nitrogen and oxygen atoms in total. The van der Waals surface area contributed by atoms with Crippen LogP contribution < -0.4 is 14.8 Å². The molecule has 0 atom stereocenters. The van der Waals surface area contributed by atoms with Gasteiger partial charge in [-0.1, -0.05) is 6.08 Å². The van der Waals surface area contributed by atoms with Crippen LogP contribution >= 0.6 is 0 Å². The van der Waals surface area contributed by atoms with Crippen LogP contribution in [0.1, 0.15) is 35.3 Å². The molecule has 2 aromatic rings. The van der Waals surface area contributed by atoms with Gasteiger partial charge in [-0.3, -0.25) is 9.59 Å². The summed E-state index contributed by atoms with van der Waals surface area (Å²) in [5.74, 6) is 0.333. The molecular weight excluding hydrogens is 346 g/mol. The van der Waals surface area contributed by atoms with Crippen LogP contribution in [0.3, 0.4) is 0 Å². The molecule has 3 rings (SSSR count). The van der Waals surface area contributed by atoms with Crippen molar-refractivity contribution >= 4 is 23.5 Å². The van der Waals surface area contributed by atoms with E-state index in [-0.39, 0.29) is 11.5 Å². The van der Waals surface area contributed by atoms with Gasteiger partial charge in [-0.25, -0.2) is 0 Å². The predicted molar refractivity (Wildman–Crippen MR) is 102 cm³/mol. The first-order chi connectivity index (χ1) is 12.8. The van der Waals surface area contributed by atoms with Gasteiger partial charge in [0.15, 0.2) is 5.78 Å². The first-order valence-corrected chi connectivity index (χ1v) is 8.49. The molecule has 0 radical (unpaired) electrons. The highest BCUT2D eigenvalue weighted by molar-refractivity contribution is 6.14. The topological polar surface area (TPSA) is 84.9 Å². The molecule has 0 aliphatic carbocycles. The predicted octanol–water partition coefficient (Wildman–Crippen LogP) is 3.04. The molecule has 140 valence electrons. The Labute approximate surface area is 157 Å². The van der Waals surface area contributed by atoms with Crippen LogP contribution in [0, 0.1) is 0 Å². The third-order valence-electron chi connectivity index (χ3n) is 4.20. The molecule has 0 unspecified atom stereocenters. The van der Waals surface area contributed by atoms with Crippen molar-refractivity contribution in [2.24, 2.45) is 0 Å². The highest BCUT2D eigenvalue weighted by Crippen LogP contribution is 2.33. The number of ketones is 1. The molecule has 1 heterocycles. The number of aliphatic hydroxyl groups is 1. The van der Waals surface area contributed by atoms with Crippen molar-refractivity contribution in [1.82, 2.24) is 0 Å². The lowest BCUT2D eigenvalue weighted by Crippen LogP contribution is -2.27. The summed E-state index contributed by atoms with van der Waals surface area (Å²) in [6.07, 6.45) is 3.86. The lowest BCUT2D eigenvalue weighted by molar-refractivity contribution is -0.118. The van der Waals surface area contributed by atoms with Crippen molar-refractivity contribution in [1.29, 1.82) is 0 Å². The molecule has 0 fully saturated rings. The van der Waals surface area contributed by atoms with Crippen molar-refractivity contribution in [2.75, 3.05) is 19.0 Å². The molecule has 2 N–H and O–H groups in total. The van der Waals surface area contributed by atoms with Crippen LogP contribution in [0.15, 0.2) is 42.5 Å². The molecule has 1 aliphatic heterocycles. The van der Waals surface area contributed by atoms with Crippen molar-refractivity contribution < 1.29 is 24.2 Å². The van der Waals surface area contributed by atoms with E-state index in [0.29, 0.717) is 22.6 Å². The average Bonchev–Trinajstić information content (AvgIpc) is 2.66. The van der Waals surface area contributed by atoms with Crippen LogP contribution in [-0.2, 0) is 4.79 Å². The monoisotopic (exact) mass is 367 g/mol. The quantitative estimate of drug-likeness (QED) is 0.794. The van der Waals surface area contributed by atoms with Gasteiger partial charge in [0, 0.05) is 22.8 Å². The Hall–Kier alpha value is -3.12. The number of carbonyl (C=O) groups excluding carboxylic acids is 2. The van der Waals surface area contributed by atoms with E-state index in [1.165, 1.54) is 7.11 Å². The van der Waals surface area contributed by atoms with E-state index in [0.717, 1.165) is 5.56 Å². The number of benzene rings is 2. The molecule has 27 heavy (non-hydrogen) atoms. The Morgan fingerprint density at radius 1 is 1.19 bits per heavy atom. The van der Waals surface area contributed by atoms with Gasteiger partial charge < -0.3 is 19.9 Å². The van der Waals surface area contributed by atoms with Gasteiger partial charge >= 0.3 is 0 Å². The van der Waals surface area contributed by atoms with Crippen molar-refractivity contribution in [3.05, 3.63) is 59.2 Å². The minimum Gasteiger partial charge on any atom is -0.497 e. The van der Waals surface area contributed by atoms with Crippen LogP contribution in [-0.4, -0.2) is 36.1 Å². The number of hydrogen-bond donors (Lipinski definition) is 2. The number of rotatable bonds is 5. The molecule has 6 heteroatoms. The SMILES string of the molecule is COc1ccc(C(=O)c2ccc3c(c2)C=CC(C)(C)O3)c(NC(=O)CO)c1. The minimum atomic E-state index is -0.679. The second-order valence-corrected chi connectivity index (χ2v) is 6.74. The van der Waals surface area contributed by atoms with E-state index >= 15 is 0 Å². The largest absolute Gasteiger partial charge is 0.497 e. The normalized spacial score (nSPS) is 14.1. The number of ether oxygens (including phenoxy) is 2. The third-order valence-corrected chi connectivity index (χ3v) is 4.20. The summed E-state index contributed by atoms with van der Waals surface area (Å²) in [6, 6.07) is 9.99. The molecule has 2 aromatic carbocycles. The van der Waals surface area contributed by atoms with Gasteiger partial charge in [-0.2, -0.15) is 0 Å². The van der Waals surface area contributed by atoms with Gasteiger partial charge in [0.1, 0.15) is 23.7 Å². The molecule has 0 spiro atoms. The maximum absolute atomic E-state index is 13.0. The number of amides is 1. The number of anilines is 1. The maximum Gasteiger partial charge on any atom is 0.250 e. The lowest BCUT2D eigenvalue weighted by Gasteiger charge is -2.28. The summed E-state index contributed by atoms with van der Waals surface area (Å²) >= 11 is 0. The van der Waals surface area contributed by atoms with Crippen molar-refractivity contribution in [2.45, 2.75) is 19.4 Å². The molecule has 1 amide bonds. The summed E-state index contributed by atoms with van der Waals surface area (Å²) in [7, 11) is 1.49. The summed E-state index contributed by atoms with van der Waals surface area (Å²) in [6.45, 7) is 3.24. The first kappa shape index (κ1) is 18.7. The third kappa shape index (κ3) is 4.01. The zero-order chi connectivity index (χ0) is 19.6. The second-order valence-electron chi connectivity index (χ2n) is 6.74. The van der Waals surface area contributed by atoms with Gasteiger partial charge in [0.25, 0.3) is 0 Å². The zero-order valence-electron chi connectivity index (χ0n) is 15.4. The number of hydrogen-bond acceptors (Lipinski definition) is 5. The van der Waals surface area contributed by atoms with E-state index in [9.17, 15) is 9.59 Å². The van der Waals surface area contributed by atoms with Crippen LogP contribution in [0.5, 0.6) is 11.5 Å². The van der Waals surface area contributed by atoms with Crippen molar-refractivity contribution in [3.8, 4) is 11.5 Å². The summed E-state index contributed by atoms with van der Waals surface area (Å²) in [5, 5.41) is 11.5. The zero-order valence-corrected chi connectivity index (χ0v) is 15.4. The van der Waals surface area contributed by atoms with E-state index in [4.69, 9.17) is 14.6 Å². The van der Waals surface area contributed by atoms with E-state index in [1.54, 1.807) is 36.4 Å². The Morgan fingerprint density at radius 3 is 2.67 bits per heavy atom. The number of aliphatic hydroxyl groups excluding tert-OH is 1. The smallest absolute Gasteiger partial charge is 0.250 e. The number of carbonyl (C=O) groups is 2. The average molecular weight is 367 g/mol.